The van der Waals surface area contributed by atoms with Crippen molar-refractivity contribution in [1.82, 2.24) is 10.2 Å². The third-order valence-electron chi connectivity index (χ3n) is 4.76. The molecule has 0 atom stereocenters. The second-order valence-electron chi connectivity index (χ2n) is 7.00. The lowest BCUT2D eigenvalue weighted by Gasteiger charge is -2.33. The smallest absolute Gasteiger partial charge is 0.303 e. The van der Waals surface area contributed by atoms with E-state index in [0.29, 0.717) is 18.7 Å². The van der Waals surface area contributed by atoms with Crippen LogP contribution in [0.4, 0.5) is 5.82 Å². The molecule has 1 heterocycles. The molecule has 3 N–H and O–H groups in total. The molecule has 1 aromatic heterocycles. The fourth-order valence-corrected chi connectivity index (χ4v) is 3.42. The van der Waals surface area contributed by atoms with E-state index in [0.717, 1.165) is 16.8 Å². The zero-order valence-electron chi connectivity index (χ0n) is 14.5. The van der Waals surface area contributed by atoms with Gasteiger partial charge in [0.05, 0.1) is 5.69 Å². The van der Waals surface area contributed by atoms with Crippen LogP contribution in [0.1, 0.15) is 44.6 Å². The molecule has 2 aromatic rings. The van der Waals surface area contributed by atoms with Gasteiger partial charge in [-0.3, -0.25) is 14.7 Å². The van der Waals surface area contributed by atoms with E-state index in [4.69, 9.17) is 5.11 Å². The molecule has 1 aromatic carbocycles. The molecule has 0 saturated heterocycles. The van der Waals surface area contributed by atoms with Crippen molar-refractivity contribution in [1.29, 1.82) is 0 Å². The first-order valence-electron chi connectivity index (χ1n) is 8.62. The monoisotopic (exact) mass is 341 g/mol. The summed E-state index contributed by atoms with van der Waals surface area (Å²) in [5.41, 5.74) is 2.94. The molecular formula is C19H23N3O3. The Labute approximate surface area is 146 Å². The maximum absolute atomic E-state index is 12.4. The van der Waals surface area contributed by atoms with Gasteiger partial charge in [0.1, 0.15) is 0 Å². The third-order valence-corrected chi connectivity index (χ3v) is 4.76. The number of carboxylic acids is 1. The highest BCUT2D eigenvalue weighted by Crippen LogP contribution is 2.38. The maximum atomic E-state index is 12.4. The highest BCUT2D eigenvalue weighted by Gasteiger charge is 2.36. The predicted octanol–water partition coefficient (Wildman–Crippen LogP) is 3.64. The van der Waals surface area contributed by atoms with Crippen LogP contribution in [0, 0.1) is 11.8 Å². The second kappa shape index (κ2) is 7.09. The summed E-state index contributed by atoms with van der Waals surface area (Å²) in [6, 6.07) is 9.91. The molecule has 1 amide bonds. The molecule has 6 nitrogen and oxygen atoms in total. The normalized spacial score (nSPS) is 19.5. The van der Waals surface area contributed by atoms with Gasteiger partial charge < -0.3 is 10.4 Å². The van der Waals surface area contributed by atoms with Gasteiger partial charge in [-0.25, -0.2) is 0 Å². The highest BCUT2D eigenvalue weighted by atomic mass is 16.4. The summed E-state index contributed by atoms with van der Waals surface area (Å²) in [6.07, 6.45) is 1.40. The van der Waals surface area contributed by atoms with Gasteiger partial charge in [-0.2, -0.15) is 5.10 Å². The molecule has 25 heavy (non-hydrogen) atoms. The van der Waals surface area contributed by atoms with Crippen LogP contribution in [0.25, 0.3) is 11.3 Å². The minimum absolute atomic E-state index is 0.0744. The summed E-state index contributed by atoms with van der Waals surface area (Å²) in [5.74, 6) is -0.121. The Kier molecular flexibility index (Phi) is 4.88. The fraction of sp³-hybridized carbons (Fsp3) is 0.421. The number of nitrogens with one attached hydrogen (secondary N) is 2. The van der Waals surface area contributed by atoms with Crippen molar-refractivity contribution < 1.29 is 14.7 Å². The molecule has 1 aliphatic rings. The molecule has 0 spiro atoms. The number of H-pyrrole nitrogens is 1. The summed E-state index contributed by atoms with van der Waals surface area (Å²) in [5, 5.41) is 19.1. The fourth-order valence-electron chi connectivity index (χ4n) is 3.42. The molecule has 0 aliphatic heterocycles. The number of aliphatic carboxylic acids is 1. The number of aromatic amines is 1. The second-order valence-corrected chi connectivity index (χ2v) is 7.00. The molecule has 1 saturated carbocycles. The van der Waals surface area contributed by atoms with E-state index in [9.17, 15) is 9.59 Å². The molecule has 1 fully saturated rings. The van der Waals surface area contributed by atoms with Crippen molar-refractivity contribution >= 4 is 17.7 Å². The van der Waals surface area contributed by atoms with E-state index in [-0.39, 0.29) is 30.1 Å². The van der Waals surface area contributed by atoms with E-state index < -0.39 is 5.97 Å². The summed E-state index contributed by atoms with van der Waals surface area (Å²) in [4.78, 5) is 23.1. The Balaban J connectivity index is 1.72. The lowest BCUT2D eigenvalue weighted by atomic mass is 9.73. The molecule has 1 aliphatic carbocycles. The SMILES string of the molecule is CC(C)c1c(NC(=O)C2CC(CC(=O)O)C2)n[nH]c1-c1ccccc1. The number of carboxylic acid groups (broad SMARTS) is 1. The van der Waals surface area contributed by atoms with Gasteiger partial charge in [0.25, 0.3) is 0 Å². The first-order valence-corrected chi connectivity index (χ1v) is 8.62. The van der Waals surface area contributed by atoms with Crippen LogP contribution in [-0.2, 0) is 9.59 Å². The van der Waals surface area contributed by atoms with E-state index in [1.165, 1.54) is 0 Å². The number of anilines is 1. The summed E-state index contributed by atoms with van der Waals surface area (Å²) >= 11 is 0. The Morgan fingerprint density at radius 3 is 2.56 bits per heavy atom. The minimum Gasteiger partial charge on any atom is -0.481 e. The van der Waals surface area contributed by atoms with Crippen LogP contribution in [0.2, 0.25) is 0 Å². The Morgan fingerprint density at radius 2 is 1.96 bits per heavy atom. The molecular weight excluding hydrogens is 318 g/mol. The van der Waals surface area contributed by atoms with Crippen LogP contribution in [0.5, 0.6) is 0 Å². The van der Waals surface area contributed by atoms with Gasteiger partial charge in [0.2, 0.25) is 5.91 Å². The number of hydrogen-bond donors (Lipinski definition) is 3. The third kappa shape index (κ3) is 3.73. The molecule has 0 bridgehead atoms. The van der Waals surface area contributed by atoms with Crippen LogP contribution in [0.3, 0.4) is 0 Å². The Bertz CT molecular complexity index is 761. The first kappa shape index (κ1) is 17.2. The van der Waals surface area contributed by atoms with Crippen molar-refractivity contribution in [3.63, 3.8) is 0 Å². The van der Waals surface area contributed by atoms with E-state index in [2.05, 4.69) is 29.4 Å². The molecule has 6 heteroatoms. The van der Waals surface area contributed by atoms with Crippen molar-refractivity contribution in [2.75, 3.05) is 5.32 Å². The zero-order valence-corrected chi connectivity index (χ0v) is 14.5. The van der Waals surface area contributed by atoms with E-state index >= 15 is 0 Å². The quantitative estimate of drug-likeness (QED) is 0.747. The van der Waals surface area contributed by atoms with Gasteiger partial charge in [-0.05, 0) is 30.2 Å². The van der Waals surface area contributed by atoms with E-state index in [1.54, 1.807) is 0 Å². The maximum Gasteiger partial charge on any atom is 0.303 e. The van der Waals surface area contributed by atoms with Crippen molar-refractivity contribution in [2.24, 2.45) is 11.8 Å². The molecule has 0 unspecified atom stereocenters. The number of carbonyl (C=O) groups is 2. The van der Waals surface area contributed by atoms with Gasteiger partial charge in [-0.1, -0.05) is 44.2 Å². The topological polar surface area (TPSA) is 95.1 Å². The van der Waals surface area contributed by atoms with Gasteiger partial charge in [0.15, 0.2) is 5.82 Å². The largest absolute Gasteiger partial charge is 0.481 e. The summed E-state index contributed by atoms with van der Waals surface area (Å²) in [6.45, 7) is 4.14. The lowest BCUT2D eigenvalue weighted by molar-refractivity contribution is -0.140. The van der Waals surface area contributed by atoms with E-state index in [1.807, 2.05) is 30.3 Å². The number of aromatic nitrogens is 2. The Hall–Kier alpha value is -2.63. The molecule has 3 rings (SSSR count). The summed E-state index contributed by atoms with van der Waals surface area (Å²) < 4.78 is 0. The van der Waals surface area contributed by atoms with Crippen molar-refractivity contribution in [2.45, 2.75) is 39.0 Å². The van der Waals surface area contributed by atoms with Crippen molar-refractivity contribution in [3.05, 3.63) is 35.9 Å². The molecule has 0 radical (unpaired) electrons. The van der Waals surface area contributed by atoms with Crippen LogP contribution in [0.15, 0.2) is 30.3 Å². The lowest BCUT2D eigenvalue weighted by Crippen LogP contribution is -2.35. The standard InChI is InChI=1S/C19H23N3O3/c1-11(2)16-17(13-6-4-3-5-7-13)21-22-18(16)20-19(25)14-8-12(9-14)10-15(23)24/h3-7,11-12,14H,8-10H2,1-2H3,(H,23,24)(H2,20,21,22,25). The average molecular weight is 341 g/mol. The van der Waals surface area contributed by atoms with Gasteiger partial charge >= 0.3 is 5.97 Å². The van der Waals surface area contributed by atoms with Crippen molar-refractivity contribution in [3.8, 4) is 11.3 Å². The number of rotatable bonds is 6. The zero-order chi connectivity index (χ0) is 18.0. The Morgan fingerprint density at radius 1 is 1.28 bits per heavy atom. The van der Waals surface area contributed by atoms with Gasteiger partial charge in [-0.15, -0.1) is 0 Å². The summed E-state index contributed by atoms with van der Waals surface area (Å²) in [7, 11) is 0. The van der Waals surface area contributed by atoms with Gasteiger partial charge in [0, 0.05) is 17.9 Å². The minimum atomic E-state index is -0.800. The van der Waals surface area contributed by atoms with Crippen LogP contribution >= 0.6 is 0 Å². The van der Waals surface area contributed by atoms with Crippen LogP contribution in [-0.4, -0.2) is 27.2 Å². The first-order chi connectivity index (χ1) is 12.0. The highest BCUT2D eigenvalue weighted by molar-refractivity contribution is 5.94. The number of nitrogens with zero attached hydrogens (tertiary/aromatic N) is 1. The van der Waals surface area contributed by atoms with Crippen LogP contribution < -0.4 is 5.32 Å². The predicted molar refractivity (Wildman–Crippen MR) is 95.2 cm³/mol. The number of hydrogen-bond acceptors (Lipinski definition) is 3. The number of amides is 1. The molecule has 132 valence electrons. The number of benzene rings is 1. The number of carbonyl (C=O) groups excluding carboxylic acids is 1. The average Bonchev–Trinajstić information content (AvgIpc) is 2.94.